The first-order valence-electron chi connectivity index (χ1n) is 6.05. The van der Waals surface area contributed by atoms with Crippen LogP contribution in [0, 0.1) is 17.6 Å². The fourth-order valence-corrected chi connectivity index (χ4v) is 1.71. The number of rotatable bonds is 6. The predicted molar refractivity (Wildman–Crippen MR) is 75.0 cm³/mol. The monoisotopic (exact) mass is 334 g/mol. The zero-order chi connectivity index (χ0) is 14.4. The van der Waals surface area contributed by atoms with E-state index < -0.39 is 11.6 Å². The Labute approximate surface area is 119 Å². The lowest BCUT2D eigenvalue weighted by Gasteiger charge is -2.10. The molecule has 0 aliphatic rings. The minimum atomic E-state index is -0.608. The summed E-state index contributed by atoms with van der Waals surface area (Å²) in [6.45, 7) is 4.61. The number of halogens is 3. The molecule has 3 nitrogen and oxygen atoms in total. The lowest BCUT2D eigenvalue weighted by atomic mass is 10.1. The molecule has 106 valence electrons. The SMILES string of the molecule is CC(C)CCNC(=O)CNc1cc(F)c(Br)cc1F. The van der Waals surface area contributed by atoms with E-state index in [2.05, 4.69) is 40.4 Å². The first-order valence-corrected chi connectivity index (χ1v) is 6.84. The van der Waals surface area contributed by atoms with E-state index in [0.29, 0.717) is 12.5 Å². The third-order valence-electron chi connectivity index (χ3n) is 2.49. The zero-order valence-electron chi connectivity index (χ0n) is 10.9. The van der Waals surface area contributed by atoms with Gasteiger partial charge in [0.25, 0.3) is 0 Å². The molecular formula is C13H17BrF2N2O. The van der Waals surface area contributed by atoms with Gasteiger partial charge in [-0.15, -0.1) is 0 Å². The van der Waals surface area contributed by atoms with Crippen LogP contribution in [0.2, 0.25) is 0 Å². The Bertz CT molecular complexity index is 453. The third kappa shape index (κ3) is 5.55. The molecule has 6 heteroatoms. The molecule has 0 atom stereocenters. The number of amides is 1. The van der Waals surface area contributed by atoms with Crippen molar-refractivity contribution in [1.82, 2.24) is 5.32 Å². The van der Waals surface area contributed by atoms with Crippen LogP contribution in [0.5, 0.6) is 0 Å². The van der Waals surface area contributed by atoms with Crippen LogP contribution in [0.15, 0.2) is 16.6 Å². The van der Waals surface area contributed by atoms with E-state index in [1.807, 2.05) is 0 Å². The van der Waals surface area contributed by atoms with E-state index in [9.17, 15) is 13.6 Å². The van der Waals surface area contributed by atoms with Crippen LogP contribution in [0.25, 0.3) is 0 Å². The van der Waals surface area contributed by atoms with Crippen LogP contribution in [0.3, 0.4) is 0 Å². The number of carbonyl (C=O) groups is 1. The summed E-state index contributed by atoms with van der Waals surface area (Å²) < 4.78 is 26.7. The second-order valence-corrected chi connectivity index (χ2v) is 5.49. The first-order chi connectivity index (χ1) is 8.90. The molecule has 0 unspecified atom stereocenters. The highest BCUT2D eigenvalue weighted by Crippen LogP contribution is 2.23. The molecule has 0 aliphatic heterocycles. The van der Waals surface area contributed by atoms with Crippen LogP contribution in [0.1, 0.15) is 20.3 Å². The Morgan fingerprint density at radius 2 is 2.00 bits per heavy atom. The van der Waals surface area contributed by atoms with Gasteiger partial charge in [-0.25, -0.2) is 8.78 Å². The van der Waals surface area contributed by atoms with Gasteiger partial charge in [-0.1, -0.05) is 13.8 Å². The van der Waals surface area contributed by atoms with Crippen molar-refractivity contribution in [1.29, 1.82) is 0 Å². The Morgan fingerprint density at radius 1 is 1.32 bits per heavy atom. The molecule has 1 aromatic carbocycles. The molecule has 2 N–H and O–H groups in total. The molecule has 0 spiro atoms. The number of benzene rings is 1. The summed E-state index contributed by atoms with van der Waals surface area (Å²) in [4.78, 5) is 11.5. The van der Waals surface area contributed by atoms with Crippen LogP contribution >= 0.6 is 15.9 Å². The average Bonchev–Trinajstić information content (AvgIpc) is 2.31. The maximum atomic E-state index is 13.4. The number of carbonyl (C=O) groups excluding carboxylic acids is 1. The van der Waals surface area contributed by atoms with Crippen LogP contribution in [-0.2, 0) is 4.79 Å². The molecule has 0 bridgehead atoms. The van der Waals surface area contributed by atoms with Crippen molar-refractivity contribution in [2.24, 2.45) is 5.92 Å². The second-order valence-electron chi connectivity index (χ2n) is 4.63. The Balaban J connectivity index is 2.44. The van der Waals surface area contributed by atoms with Crippen molar-refractivity contribution in [3.05, 3.63) is 28.2 Å². The van der Waals surface area contributed by atoms with Gasteiger partial charge in [0.15, 0.2) is 0 Å². The highest BCUT2D eigenvalue weighted by Gasteiger charge is 2.09. The number of anilines is 1. The number of nitrogens with one attached hydrogen (secondary N) is 2. The van der Waals surface area contributed by atoms with Gasteiger partial charge in [-0.3, -0.25) is 4.79 Å². The second kappa shape index (κ2) is 7.43. The highest BCUT2D eigenvalue weighted by atomic mass is 79.9. The minimum absolute atomic E-state index is 0.0280. The Hall–Kier alpha value is -1.17. The third-order valence-corrected chi connectivity index (χ3v) is 3.10. The van der Waals surface area contributed by atoms with Crippen LogP contribution in [0.4, 0.5) is 14.5 Å². The molecular weight excluding hydrogens is 318 g/mol. The lowest BCUT2D eigenvalue weighted by Crippen LogP contribution is -2.31. The van der Waals surface area contributed by atoms with Crippen molar-refractivity contribution in [2.45, 2.75) is 20.3 Å². The van der Waals surface area contributed by atoms with Crippen molar-refractivity contribution in [3.8, 4) is 0 Å². The van der Waals surface area contributed by atoms with Crippen LogP contribution in [-0.4, -0.2) is 19.0 Å². The van der Waals surface area contributed by atoms with Gasteiger partial charge in [0.2, 0.25) is 5.91 Å². The maximum absolute atomic E-state index is 13.4. The molecule has 0 fully saturated rings. The van der Waals surface area contributed by atoms with Crippen LogP contribution < -0.4 is 10.6 Å². The van der Waals surface area contributed by atoms with Gasteiger partial charge in [0, 0.05) is 12.6 Å². The summed E-state index contributed by atoms with van der Waals surface area (Å²) in [6, 6.07) is 2.04. The maximum Gasteiger partial charge on any atom is 0.239 e. The first kappa shape index (κ1) is 15.9. The van der Waals surface area contributed by atoms with Crippen molar-refractivity contribution < 1.29 is 13.6 Å². The number of hydrogen-bond donors (Lipinski definition) is 2. The fourth-order valence-electron chi connectivity index (χ4n) is 1.40. The van der Waals surface area contributed by atoms with E-state index in [-0.39, 0.29) is 22.6 Å². The largest absolute Gasteiger partial charge is 0.374 e. The Morgan fingerprint density at radius 3 is 2.63 bits per heavy atom. The topological polar surface area (TPSA) is 41.1 Å². The predicted octanol–water partition coefficient (Wildman–Crippen LogP) is 3.30. The van der Waals surface area contributed by atoms with Gasteiger partial charge in [-0.05, 0) is 34.3 Å². The lowest BCUT2D eigenvalue weighted by molar-refractivity contribution is -0.119. The quantitative estimate of drug-likeness (QED) is 0.783. The summed E-state index contributed by atoms with van der Waals surface area (Å²) in [7, 11) is 0. The average molecular weight is 335 g/mol. The van der Waals surface area contributed by atoms with Crippen molar-refractivity contribution in [3.63, 3.8) is 0 Å². The summed E-state index contributed by atoms with van der Waals surface area (Å²) in [5.41, 5.74) is -0.0280. The van der Waals surface area contributed by atoms with Gasteiger partial charge >= 0.3 is 0 Å². The van der Waals surface area contributed by atoms with E-state index in [0.717, 1.165) is 18.6 Å². The smallest absolute Gasteiger partial charge is 0.239 e. The minimum Gasteiger partial charge on any atom is -0.374 e. The molecule has 1 aromatic rings. The van der Waals surface area contributed by atoms with Gasteiger partial charge < -0.3 is 10.6 Å². The van der Waals surface area contributed by atoms with Gasteiger partial charge in [0.05, 0.1) is 16.7 Å². The van der Waals surface area contributed by atoms with E-state index in [1.165, 1.54) is 0 Å². The summed E-state index contributed by atoms with van der Waals surface area (Å²) in [6.07, 6.45) is 0.882. The van der Waals surface area contributed by atoms with Crippen molar-refractivity contribution >= 4 is 27.5 Å². The van der Waals surface area contributed by atoms with E-state index >= 15 is 0 Å². The molecule has 19 heavy (non-hydrogen) atoms. The molecule has 1 rings (SSSR count). The van der Waals surface area contributed by atoms with E-state index in [4.69, 9.17) is 0 Å². The summed E-state index contributed by atoms with van der Waals surface area (Å²) in [5.74, 6) is -0.929. The fraction of sp³-hybridized carbons (Fsp3) is 0.462. The Kier molecular flexibility index (Phi) is 6.21. The van der Waals surface area contributed by atoms with Gasteiger partial charge in [-0.2, -0.15) is 0 Å². The van der Waals surface area contributed by atoms with Crippen molar-refractivity contribution in [2.75, 3.05) is 18.4 Å². The molecule has 1 amide bonds. The summed E-state index contributed by atoms with van der Waals surface area (Å²) >= 11 is 2.89. The zero-order valence-corrected chi connectivity index (χ0v) is 12.5. The van der Waals surface area contributed by atoms with Gasteiger partial charge in [0.1, 0.15) is 11.6 Å². The summed E-state index contributed by atoms with van der Waals surface area (Å²) in [5, 5.41) is 5.27. The molecule has 0 aliphatic carbocycles. The number of hydrogen-bond acceptors (Lipinski definition) is 2. The molecule has 0 saturated heterocycles. The molecule has 0 heterocycles. The van der Waals surface area contributed by atoms with E-state index in [1.54, 1.807) is 0 Å². The highest BCUT2D eigenvalue weighted by molar-refractivity contribution is 9.10. The molecule has 0 radical (unpaired) electrons. The normalized spacial score (nSPS) is 10.6. The molecule has 0 aromatic heterocycles. The molecule has 0 saturated carbocycles. The standard InChI is InChI=1S/C13H17BrF2N2O/c1-8(2)3-4-17-13(19)7-18-12-6-10(15)9(14)5-11(12)16/h5-6,8,18H,3-4,7H2,1-2H3,(H,17,19).